The first kappa shape index (κ1) is 14.7. The Bertz CT molecular complexity index is 381. The van der Waals surface area contributed by atoms with Gasteiger partial charge in [-0.2, -0.15) is 0 Å². The molecule has 0 amide bonds. The van der Waals surface area contributed by atoms with E-state index in [2.05, 4.69) is 20.9 Å². The molecule has 10 heteroatoms. The molecule has 1 aromatic rings. The van der Waals surface area contributed by atoms with E-state index in [0.717, 1.165) is 0 Å². The normalized spacial score (nSPS) is 10.3. The average Bonchev–Trinajstić information content (AvgIpc) is 2.06. The molecule has 3 N–H and O–H groups in total. The van der Waals surface area contributed by atoms with Crippen LogP contribution in [0.3, 0.4) is 0 Å². The highest BCUT2D eigenvalue weighted by molar-refractivity contribution is 9.10. The number of aromatic nitrogens is 1. The predicted octanol–water partition coefficient (Wildman–Crippen LogP) is 2.42. The van der Waals surface area contributed by atoms with Gasteiger partial charge in [-0.3, -0.25) is 0 Å². The second-order valence-corrected chi connectivity index (χ2v) is 3.30. The van der Waals surface area contributed by atoms with Crippen molar-refractivity contribution in [3.63, 3.8) is 0 Å². The topological polar surface area (TPSA) is 76.2 Å². The Morgan fingerprint density at radius 1 is 1.44 bits per heavy atom. The molecule has 4 nitrogen and oxygen atoms in total. The summed E-state index contributed by atoms with van der Waals surface area (Å²) in [5, 5.41) is 8.55. The van der Waals surface area contributed by atoms with Gasteiger partial charge in [-0.1, -0.05) is 0 Å². The maximum absolute atomic E-state index is 10.4. The molecule has 0 bridgehead atoms. The van der Waals surface area contributed by atoms with Crippen molar-refractivity contribution in [2.45, 2.75) is 0 Å². The van der Waals surface area contributed by atoms with Crippen LogP contribution in [0.4, 0.5) is 23.1 Å². The Kier molecular flexibility index (Phi) is 5.22. The largest absolute Gasteiger partial charge is 0.673 e. The lowest BCUT2D eigenvalue weighted by atomic mass is 10.3. The maximum Gasteiger partial charge on any atom is 0.673 e. The van der Waals surface area contributed by atoms with Crippen molar-refractivity contribution in [3.05, 3.63) is 22.3 Å². The van der Waals surface area contributed by atoms with E-state index >= 15 is 0 Å². The van der Waals surface area contributed by atoms with Crippen LogP contribution in [0.15, 0.2) is 16.7 Å². The van der Waals surface area contributed by atoms with Crippen molar-refractivity contribution in [2.75, 3.05) is 5.73 Å². The van der Waals surface area contributed by atoms with Crippen LogP contribution in [0.5, 0.6) is 0 Å². The number of hydrogen-bond acceptors (Lipinski definition) is 3. The van der Waals surface area contributed by atoms with Gasteiger partial charge in [0.1, 0.15) is 11.4 Å². The number of halogens is 5. The van der Waals surface area contributed by atoms with E-state index in [1.54, 1.807) is 0 Å². The fraction of sp³-hybridized carbons (Fsp3) is 0. The zero-order valence-corrected chi connectivity index (χ0v) is 9.09. The highest BCUT2D eigenvalue weighted by Crippen LogP contribution is 2.14. The van der Waals surface area contributed by atoms with Gasteiger partial charge < -0.3 is 28.1 Å². The third-order valence-corrected chi connectivity index (χ3v) is 1.55. The van der Waals surface area contributed by atoms with E-state index in [9.17, 15) is 22.1 Å². The minimum Gasteiger partial charge on any atom is -0.478 e. The molecule has 0 saturated heterocycles. The minimum atomic E-state index is -6.00. The number of carbonyl (C=O) groups is 1. The summed E-state index contributed by atoms with van der Waals surface area (Å²) in [4.78, 5) is 14.1. The molecule has 90 valence electrons. The van der Waals surface area contributed by atoms with Crippen LogP contribution >= 0.6 is 15.9 Å². The average molecular weight is 304 g/mol. The monoisotopic (exact) mass is 303 g/mol. The molecule has 16 heavy (non-hydrogen) atoms. The van der Waals surface area contributed by atoms with Gasteiger partial charge in [0.05, 0.1) is 0 Å². The molecular weight excluding hydrogens is 299 g/mol. The van der Waals surface area contributed by atoms with E-state index in [4.69, 9.17) is 10.8 Å². The van der Waals surface area contributed by atoms with Crippen LogP contribution in [0.1, 0.15) is 10.4 Å². The summed E-state index contributed by atoms with van der Waals surface area (Å²) in [7, 11) is -6.00. The number of aromatic carboxylic acids is 1. The summed E-state index contributed by atoms with van der Waals surface area (Å²) in [6.45, 7) is 0. The number of rotatable bonds is 1. The summed E-state index contributed by atoms with van der Waals surface area (Å²) >= 11 is 3.08. The second-order valence-electron chi connectivity index (χ2n) is 2.39. The van der Waals surface area contributed by atoms with E-state index in [-0.39, 0.29) is 11.4 Å². The number of carboxylic acid groups (broad SMARTS) is 1. The Morgan fingerprint density at radius 3 is 2.19 bits per heavy atom. The Hall–Kier alpha value is -1.32. The number of hydrogen-bond donors (Lipinski definition) is 2. The molecule has 0 unspecified atom stereocenters. The van der Waals surface area contributed by atoms with Gasteiger partial charge in [0.15, 0.2) is 0 Å². The molecule has 0 atom stereocenters. The van der Waals surface area contributed by atoms with E-state index in [0.29, 0.717) is 4.47 Å². The SMILES string of the molecule is F[B-](F)(F)F.Nc1ncc(Br)cc1C(=O)O. The van der Waals surface area contributed by atoms with Gasteiger partial charge in [-0.15, -0.1) is 0 Å². The lowest BCUT2D eigenvalue weighted by Gasteiger charge is -1.98. The molecule has 0 aliphatic carbocycles. The first-order valence-electron chi connectivity index (χ1n) is 3.63. The number of carboxylic acids is 1. The van der Waals surface area contributed by atoms with Gasteiger partial charge in [-0.05, 0) is 22.0 Å². The standard InChI is InChI=1S/C6H5BrN2O2.BF4/c7-3-1-4(6(10)11)5(8)9-2-3;2-1(3,4)5/h1-2H,(H2,8,9)(H,10,11);/q;-1. The van der Waals surface area contributed by atoms with Gasteiger partial charge >= 0.3 is 13.2 Å². The number of anilines is 1. The number of pyridine rings is 1. The molecule has 0 aliphatic rings. The van der Waals surface area contributed by atoms with Crippen molar-refractivity contribution in [1.82, 2.24) is 4.98 Å². The van der Waals surface area contributed by atoms with Gasteiger partial charge in [0.25, 0.3) is 0 Å². The molecule has 0 aromatic carbocycles. The van der Waals surface area contributed by atoms with Gasteiger partial charge in [0, 0.05) is 10.7 Å². The number of nitrogen functional groups attached to an aromatic ring is 1. The van der Waals surface area contributed by atoms with Crippen molar-refractivity contribution in [1.29, 1.82) is 0 Å². The lowest BCUT2D eigenvalue weighted by molar-refractivity contribution is 0.0697. The van der Waals surface area contributed by atoms with Crippen molar-refractivity contribution in [2.24, 2.45) is 0 Å². The third kappa shape index (κ3) is 7.04. The molecule has 0 saturated carbocycles. The van der Waals surface area contributed by atoms with Crippen molar-refractivity contribution >= 4 is 35.0 Å². The Balaban J connectivity index is 0.000000385. The molecule has 0 spiro atoms. The quantitative estimate of drug-likeness (QED) is 0.617. The van der Waals surface area contributed by atoms with Gasteiger partial charge in [0.2, 0.25) is 0 Å². The van der Waals surface area contributed by atoms with Crippen molar-refractivity contribution in [3.8, 4) is 0 Å². The maximum atomic E-state index is 10.4. The number of nitrogens with two attached hydrogens (primary N) is 1. The van der Waals surface area contributed by atoms with Crippen LogP contribution in [-0.2, 0) is 0 Å². The summed E-state index contributed by atoms with van der Waals surface area (Å²) in [6.07, 6.45) is 1.45. The van der Waals surface area contributed by atoms with E-state index in [1.165, 1.54) is 12.3 Å². The van der Waals surface area contributed by atoms with Crippen LogP contribution in [0, 0.1) is 0 Å². The van der Waals surface area contributed by atoms with Crippen LogP contribution < -0.4 is 5.73 Å². The third-order valence-electron chi connectivity index (χ3n) is 1.12. The van der Waals surface area contributed by atoms with Gasteiger partial charge in [-0.25, -0.2) is 9.78 Å². The van der Waals surface area contributed by atoms with E-state index < -0.39 is 13.2 Å². The second kappa shape index (κ2) is 5.68. The summed E-state index contributed by atoms with van der Waals surface area (Å²) in [6, 6.07) is 1.41. The highest BCUT2D eigenvalue weighted by atomic mass is 79.9. The fourth-order valence-corrected chi connectivity index (χ4v) is 0.952. The summed E-state index contributed by atoms with van der Waals surface area (Å²) in [5.41, 5.74) is 5.29. The zero-order chi connectivity index (χ0) is 12.9. The molecule has 1 aromatic heterocycles. The van der Waals surface area contributed by atoms with Crippen LogP contribution in [0.2, 0.25) is 0 Å². The molecule has 0 aliphatic heterocycles. The Morgan fingerprint density at radius 2 is 1.88 bits per heavy atom. The van der Waals surface area contributed by atoms with Crippen LogP contribution in [0.25, 0.3) is 0 Å². The predicted molar refractivity (Wildman–Crippen MR) is 53.5 cm³/mol. The summed E-state index contributed by atoms with van der Waals surface area (Å²) in [5.74, 6) is -1.04. The summed E-state index contributed by atoms with van der Waals surface area (Å²) < 4.78 is 39.6. The minimum absolute atomic E-state index is 0.0133. The Labute approximate surface area is 95.7 Å². The molecule has 1 heterocycles. The molecular formula is C6H5BBrF4N2O2-. The zero-order valence-electron chi connectivity index (χ0n) is 7.50. The smallest absolute Gasteiger partial charge is 0.478 e. The first-order valence-corrected chi connectivity index (χ1v) is 4.42. The first-order chi connectivity index (χ1) is 7.11. The van der Waals surface area contributed by atoms with E-state index in [1.807, 2.05) is 0 Å². The molecule has 1 rings (SSSR count). The fourth-order valence-electron chi connectivity index (χ4n) is 0.621. The lowest BCUT2D eigenvalue weighted by Crippen LogP contribution is -2.03. The van der Waals surface area contributed by atoms with Crippen LogP contribution in [-0.4, -0.2) is 23.3 Å². The molecule has 0 fully saturated rings. The number of nitrogens with zero attached hydrogens (tertiary/aromatic N) is 1. The molecule has 0 radical (unpaired) electrons. The highest BCUT2D eigenvalue weighted by Gasteiger charge is 2.20. The van der Waals surface area contributed by atoms with Crippen molar-refractivity contribution < 1.29 is 27.2 Å².